The van der Waals surface area contributed by atoms with Gasteiger partial charge in [0.15, 0.2) is 0 Å². The first kappa shape index (κ1) is 12.6. The maximum Gasteiger partial charge on any atom is 0.0224 e. The van der Waals surface area contributed by atoms with Crippen LogP contribution in [0, 0.1) is 23.7 Å². The van der Waals surface area contributed by atoms with Crippen LogP contribution in [-0.4, -0.2) is 36.6 Å². The molecule has 1 N–H and O–H groups in total. The van der Waals surface area contributed by atoms with Gasteiger partial charge in [0.2, 0.25) is 0 Å². The third-order valence-corrected chi connectivity index (χ3v) is 7.01. The highest BCUT2D eigenvalue weighted by Crippen LogP contribution is 2.54. The van der Waals surface area contributed by atoms with Crippen molar-refractivity contribution in [2.45, 2.75) is 63.5 Å². The number of hydrogen-bond donors (Lipinski definition) is 1. The number of nitrogens with one attached hydrogen (secondary N) is 1. The third kappa shape index (κ3) is 1.90. The average Bonchev–Trinajstić information content (AvgIpc) is 2.40. The molecule has 1 spiro atoms. The molecule has 2 heterocycles. The Morgan fingerprint density at radius 2 is 2.05 bits per heavy atom. The Balaban J connectivity index is 1.65. The van der Waals surface area contributed by atoms with E-state index in [9.17, 15) is 0 Å². The summed E-state index contributed by atoms with van der Waals surface area (Å²) < 4.78 is 0. The van der Waals surface area contributed by atoms with Gasteiger partial charge in [-0.1, -0.05) is 13.3 Å². The minimum Gasteiger partial charge on any atom is -0.311 e. The van der Waals surface area contributed by atoms with Crippen LogP contribution < -0.4 is 5.32 Å². The summed E-state index contributed by atoms with van der Waals surface area (Å²) >= 11 is 0. The predicted octanol–water partition coefficient (Wildman–Crippen LogP) is 2.89. The molecule has 4 aliphatic rings. The van der Waals surface area contributed by atoms with E-state index < -0.39 is 0 Å². The van der Waals surface area contributed by atoms with Crippen LogP contribution in [0.15, 0.2) is 0 Å². The zero-order valence-corrected chi connectivity index (χ0v) is 12.7. The summed E-state index contributed by atoms with van der Waals surface area (Å²) in [6.45, 7) is 5.12. The van der Waals surface area contributed by atoms with Crippen LogP contribution in [0.5, 0.6) is 0 Å². The van der Waals surface area contributed by atoms with Crippen molar-refractivity contribution in [2.24, 2.45) is 23.7 Å². The van der Waals surface area contributed by atoms with Crippen LogP contribution in [0.1, 0.15) is 51.9 Å². The van der Waals surface area contributed by atoms with Gasteiger partial charge in [-0.15, -0.1) is 0 Å². The van der Waals surface area contributed by atoms with E-state index >= 15 is 0 Å². The fourth-order valence-corrected chi connectivity index (χ4v) is 6.21. The SMILES string of the molecule is C[C@@H]1CC2C3CC(CN2C)C2(CCCCN2)C[C@@H]3C1. The zero-order chi connectivity index (χ0) is 13.0. The molecule has 6 atom stereocenters. The maximum atomic E-state index is 4.00. The Morgan fingerprint density at radius 3 is 2.84 bits per heavy atom. The Labute approximate surface area is 118 Å². The lowest BCUT2D eigenvalue weighted by molar-refractivity contribution is -0.0889. The molecule has 0 aromatic carbocycles. The molecule has 0 amide bonds. The summed E-state index contributed by atoms with van der Waals surface area (Å²) in [4.78, 5) is 2.73. The van der Waals surface area contributed by atoms with Gasteiger partial charge < -0.3 is 10.2 Å². The number of likely N-dealkylation sites (tertiary alicyclic amines) is 1. The first-order valence-electron chi connectivity index (χ1n) is 8.63. The molecule has 19 heavy (non-hydrogen) atoms. The Bertz CT molecular complexity index is 347. The van der Waals surface area contributed by atoms with Crippen LogP contribution in [0.4, 0.5) is 0 Å². The number of hydrogen-bond acceptors (Lipinski definition) is 2. The Hall–Kier alpha value is -0.0800. The largest absolute Gasteiger partial charge is 0.311 e. The van der Waals surface area contributed by atoms with Crippen molar-refractivity contribution in [1.29, 1.82) is 0 Å². The topological polar surface area (TPSA) is 15.3 Å². The third-order valence-electron chi connectivity index (χ3n) is 7.01. The molecule has 4 rings (SSSR count). The second-order valence-corrected chi connectivity index (χ2v) is 8.18. The van der Waals surface area contributed by atoms with Crippen molar-refractivity contribution in [3.8, 4) is 0 Å². The van der Waals surface area contributed by atoms with E-state index in [1.807, 2.05) is 0 Å². The van der Waals surface area contributed by atoms with Crippen molar-refractivity contribution in [3.63, 3.8) is 0 Å². The highest BCUT2D eigenvalue weighted by Gasteiger charge is 2.54. The monoisotopic (exact) mass is 262 g/mol. The first-order chi connectivity index (χ1) is 9.18. The van der Waals surface area contributed by atoms with Gasteiger partial charge in [-0.25, -0.2) is 0 Å². The molecule has 2 nitrogen and oxygen atoms in total. The molecule has 0 radical (unpaired) electrons. The summed E-state index contributed by atoms with van der Waals surface area (Å²) in [7, 11) is 2.40. The van der Waals surface area contributed by atoms with Gasteiger partial charge in [0.1, 0.15) is 0 Å². The van der Waals surface area contributed by atoms with Crippen molar-refractivity contribution < 1.29 is 0 Å². The smallest absolute Gasteiger partial charge is 0.0224 e. The number of nitrogens with zero attached hydrogens (tertiary/aromatic N) is 1. The summed E-state index contributed by atoms with van der Waals surface area (Å²) in [5.41, 5.74) is 0.524. The normalized spacial score (nSPS) is 54.3. The van der Waals surface area contributed by atoms with Crippen molar-refractivity contribution >= 4 is 0 Å². The van der Waals surface area contributed by atoms with Crippen LogP contribution in [0.3, 0.4) is 0 Å². The lowest BCUT2D eigenvalue weighted by atomic mass is 9.53. The number of rotatable bonds is 0. The molecule has 0 aromatic heterocycles. The molecule has 0 aromatic rings. The molecular weight excluding hydrogens is 232 g/mol. The van der Waals surface area contributed by atoms with Crippen LogP contribution >= 0.6 is 0 Å². The predicted molar refractivity (Wildman–Crippen MR) is 79.1 cm³/mol. The second-order valence-electron chi connectivity index (χ2n) is 8.18. The summed E-state index contributed by atoms with van der Waals surface area (Å²) in [6, 6.07) is 0.908. The highest BCUT2D eigenvalue weighted by atomic mass is 15.2. The fourth-order valence-electron chi connectivity index (χ4n) is 6.21. The van der Waals surface area contributed by atoms with Gasteiger partial charge >= 0.3 is 0 Å². The quantitative estimate of drug-likeness (QED) is 0.722. The van der Waals surface area contributed by atoms with Crippen molar-refractivity contribution in [1.82, 2.24) is 10.2 Å². The lowest BCUT2D eigenvalue weighted by Gasteiger charge is -2.61. The lowest BCUT2D eigenvalue weighted by Crippen LogP contribution is -2.67. The standard InChI is InChI=1S/C17H30N2/c1-12-7-13-10-17(5-3-4-6-18-17)14-9-15(13)16(8-12)19(2)11-14/h12-16,18H,3-11H2,1-2H3/t12-,13-,14?,15?,16?,17?/m0/s1. The minimum absolute atomic E-state index is 0.524. The van der Waals surface area contributed by atoms with Crippen LogP contribution in [0.25, 0.3) is 0 Å². The average molecular weight is 262 g/mol. The molecule has 4 fully saturated rings. The first-order valence-corrected chi connectivity index (χ1v) is 8.63. The molecule has 2 heteroatoms. The molecule has 2 saturated heterocycles. The van der Waals surface area contributed by atoms with Gasteiger partial charge in [0.25, 0.3) is 0 Å². The van der Waals surface area contributed by atoms with Gasteiger partial charge in [-0.3, -0.25) is 0 Å². The fraction of sp³-hybridized carbons (Fsp3) is 1.00. The highest BCUT2D eigenvalue weighted by molar-refractivity contribution is 5.10. The zero-order valence-electron chi connectivity index (χ0n) is 12.7. The van der Waals surface area contributed by atoms with Gasteiger partial charge in [-0.05, 0) is 75.8 Å². The van der Waals surface area contributed by atoms with Crippen molar-refractivity contribution in [2.75, 3.05) is 20.1 Å². The van der Waals surface area contributed by atoms with Crippen LogP contribution in [0.2, 0.25) is 0 Å². The van der Waals surface area contributed by atoms with Crippen LogP contribution in [-0.2, 0) is 0 Å². The van der Waals surface area contributed by atoms with Crippen molar-refractivity contribution in [3.05, 3.63) is 0 Å². The van der Waals surface area contributed by atoms with Gasteiger partial charge in [0.05, 0.1) is 0 Å². The Morgan fingerprint density at radius 1 is 1.16 bits per heavy atom. The van der Waals surface area contributed by atoms with Gasteiger partial charge in [-0.2, -0.15) is 0 Å². The molecular formula is C17H30N2. The van der Waals surface area contributed by atoms with Gasteiger partial charge in [0, 0.05) is 18.1 Å². The summed E-state index contributed by atoms with van der Waals surface area (Å²) in [6.07, 6.45) is 10.3. The van der Waals surface area contributed by atoms with E-state index in [4.69, 9.17) is 0 Å². The molecule has 2 aliphatic heterocycles. The van der Waals surface area contributed by atoms with E-state index in [0.717, 1.165) is 29.7 Å². The van der Waals surface area contributed by atoms with E-state index in [0.29, 0.717) is 5.54 Å². The summed E-state index contributed by atoms with van der Waals surface area (Å²) in [5.74, 6) is 3.92. The molecule has 2 aliphatic carbocycles. The number of fused-ring (bicyclic) bond motifs is 2. The molecule has 4 unspecified atom stereocenters. The second kappa shape index (κ2) is 4.46. The molecule has 108 valence electrons. The van der Waals surface area contributed by atoms with E-state index in [-0.39, 0.29) is 0 Å². The maximum absolute atomic E-state index is 4.00. The Kier molecular flexibility index (Phi) is 2.97. The summed E-state index contributed by atoms with van der Waals surface area (Å²) in [5, 5.41) is 4.00. The molecule has 2 bridgehead atoms. The molecule has 2 saturated carbocycles. The minimum atomic E-state index is 0.524. The van der Waals surface area contributed by atoms with E-state index in [1.165, 1.54) is 58.0 Å². The van der Waals surface area contributed by atoms with E-state index in [2.05, 4.69) is 24.2 Å². The number of piperidine rings is 2. The van der Waals surface area contributed by atoms with E-state index in [1.54, 1.807) is 0 Å².